The lowest BCUT2D eigenvalue weighted by Gasteiger charge is -2.17. The molecule has 2 N–H and O–H groups in total. The first kappa shape index (κ1) is 13.2. The van der Waals surface area contributed by atoms with Crippen LogP contribution in [0.3, 0.4) is 0 Å². The number of aromatic nitrogens is 2. The van der Waals surface area contributed by atoms with Crippen molar-refractivity contribution in [2.24, 2.45) is 11.7 Å². The monoisotopic (exact) mass is 273 g/mol. The molecule has 1 aliphatic rings. The van der Waals surface area contributed by atoms with E-state index in [0.717, 1.165) is 23.8 Å². The maximum atomic E-state index is 6.03. The third kappa shape index (κ3) is 3.63. The summed E-state index contributed by atoms with van der Waals surface area (Å²) in [5, 5.41) is 4.44. The molecule has 4 nitrogen and oxygen atoms in total. The van der Waals surface area contributed by atoms with E-state index in [4.69, 9.17) is 10.3 Å². The highest BCUT2D eigenvalue weighted by molar-refractivity contribution is 8.06. The molecule has 2 heterocycles. The molecule has 0 radical (unpaired) electrons. The second-order valence-corrected chi connectivity index (χ2v) is 7.12. The molecule has 1 saturated heterocycles. The first-order chi connectivity index (χ1) is 8.16. The summed E-state index contributed by atoms with van der Waals surface area (Å²) in [6, 6.07) is -0.127. The maximum absolute atomic E-state index is 6.03. The van der Waals surface area contributed by atoms with Crippen LogP contribution in [0.4, 0.5) is 0 Å². The lowest BCUT2D eigenvalue weighted by atomic mass is 10.0. The van der Waals surface area contributed by atoms with Crippen molar-refractivity contribution < 1.29 is 4.52 Å². The highest BCUT2D eigenvalue weighted by Gasteiger charge is 2.23. The molecule has 96 valence electrons. The Balaban J connectivity index is 1.99. The average molecular weight is 273 g/mol. The van der Waals surface area contributed by atoms with Gasteiger partial charge in [0.1, 0.15) is 0 Å². The Labute approximate surface area is 110 Å². The molecule has 17 heavy (non-hydrogen) atoms. The third-order valence-corrected chi connectivity index (χ3v) is 5.35. The quantitative estimate of drug-likeness (QED) is 0.909. The van der Waals surface area contributed by atoms with Gasteiger partial charge in [0.2, 0.25) is 5.89 Å². The third-order valence-electron chi connectivity index (χ3n) is 2.60. The molecule has 0 aromatic carbocycles. The van der Waals surface area contributed by atoms with Gasteiger partial charge in [-0.1, -0.05) is 19.0 Å². The Morgan fingerprint density at radius 3 is 2.94 bits per heavy atom. The number of hydrogen-bond donors (Lipinski definition) is 1. The SMILES string of the molecule is CC(C)C[C@@H](N)c1nc(C2CSCCS2)no1. The molecule has 1 aromatic rings. The molecular formula is C11H19N3OS2. The molecule has 0 amide bonds. The summed E-state index contributed by atoms with van der Waals surface area (Å²) in [5.41, 5.74) is 6.03. The van der Waals surface area contributed by atoms with Crippen LogP contribution < -0.4 is 5.73 Å². The van der Waals surface area contributed by atoms with E-state index in [1.807, 2.05) is 23.5 Å². The van der Waals surface area contributed by atoms with Crippen LogP contribution in [0.2, 0.25) is 0 Å². The van der Waals surface area contributed by atoms with E-state index in [2.05, 4.69) is 24.0 Å². The van der Waals surface area contributed by atoms with Gasteiger partial charge < -0.3 is 10.3 Å². The normalized spacial score (nSPS) is 22.9. The van der Waals surface area contributed by atoms with E-state index in [1.54, 1.807) is 0 Å². The highest BCUT2D eigenvalue weighted by atomic mass is 32.2. The molecule has 1 unspecified atom stereocenters. The number of thioether (sulfide) groups is 2. The van der Waals surface area contributed by atoms with Gasteiger partial charge in [-0.15, -0.1) is 11.8 Å². The van der Waals surface area contributed by atoms with Gasteiger partial charge >= 0.3 is 0 Å². The summed E-state index contributed by atoms with van der Waals surface area (Å²) in [6.07, 6.45) is 0.883. The summed E-state index contributed by atoms with van der Waals surface area (Å²) in [6.45, 7) is 4.29. The molecule has 2 atom stereocenters. The largest absolute Gasteiger partial charge is 0.338 e. The van der Waals surface area contributed by atoms with Crippen LogP contribution >= 0.6 is 23.5 Å². The molecule has 1 aliphatic heterocycles. The molecule has 1 fully saturated rings. The molecule has 0 saturated carbocycles. The molecule has 0 aliphatic carbocycles. The van der Waals surface area contributed by atoms with Gasteiger partial charge in [-0.3, -0.25) is 0 Å². The van der Waals surface area contributed by atoms with E-state index in [1.165, 1.54) is 5.75 Å². The van der Waals surface area contributed by atoms with Crippen molar-refractivity contribution in [1.82, 2.24) is 10.1 Å². The minimum atomic E-state index is -0.127. The van der Waals surface area contributed by atoms with E-state index >= 15 is 0 Å². The van der Waals surface area contributed by atoms with Crippen LogP contribution in [0, 0.1) is 5.92 Å². The standard InChI is InChI=1S/C11H19N3OS2/c1-7(2)5-8(12)11-13-10(14-15-11)9-6-16-3-4-17-9/h7-9H,3-6,12H2,1-2H3/t8-,9?/m1/s1. The van der Waals surface area contributed by atoms with Gasteiger partial charge in [-0.25, -0.2) is 0 Å². The fourth-order valence-electron chi connectivity index (χ4n) is 1.77. The average Bonchev–Trinajstić information content (AvgIpc) is 2.78. The van der Waals surface area contributed by atoms with Crippen LogP contribution in [0.25, 0.3) is 0 Å². The van der Waals surface area contributed by atoms with E-state index < -0.39 is 0 Å². The van der Waals surface area contributed by atoms with Gasteiger partial charge in [-0.05, 0) is 12.3 Å². The summed E-state index contributed by atoms with van der Waals surface area (Å²) in [7, 11) is 0. The molecule has 2 rings (SSSR count). The first-order valence-electron chi connectivity index (χ1n) is 5.95. The second kappa shape index (κ2) is 6.11. The van der Waals surface area contributed by atoms with Gasteiger partial charge in [0.05, 0.1) is 11.3 Å². The molecule has 1 aromatic heterocycles. The summed E-state index contributed by atoms with van der Waals surface area (Å²) in [5.74, 6) is 5.40. The topological polar surface area (TPSA) is 64.9 Å². The Hall–Kier alpha value is -0.200. The lowest BCUT2D eigenvalue weighted by molar-refractivity contribution is 0.332. The fraction of sp³-hybridized carbons (Fsp3) is 0.818. The zero-order valence-corrected chi connectivity index (χ0v) is 11.9. The number of nitrogens with two attached hydrogens (primary N) is 1. The van der Waals surface area contributed by atoms with Crippen molar-refractivity contribution in [2.45, 2.75) is 31.6 Å². The zero-order valence-electron chi connectivity index (χ0n) is 10.3. The van der Waals surface area contributed by atoms with Crippen LogP contribution in [0.15, 0.2) is 4.52 Å². The van der Waals surface area contributed by atoms with Crippen LogP contribution in [0.5, 0.6) is 0 Å². The molecule has 0 bridgehead atoms. The second-order valence-electron chi connectivity index (χ2n) is 4.66. The van der Waals surface area contributed by atoms with Gasteiger partial charge in [0.15, 0.2) is 5.82 Å². The predicted molar refractivity (Wildman–Crippen MR) is 73.2 cm³/mol. The van der Waals surface area contributed by atoms with E-state index in [-0.39, 0.29) is 6.04 Å². The van der Waals surface area contributed by atoms with Gasteiger partial charge in [-0.2, -0.15) is 16.7 Å². The number of hydrogen-bond acceptors (Lipinski definition) is 6. The fourth-order valence-corrected chi connectivity index (χ4v) is 4.36. The highest BCUT2D eigenvalue weighted by Crippen LogP contribution is 2.35. The van der Waals surface area contributed by atoms with Crippen LogP contribution in [-0.2, 0) is 0 Å². The predicted octanol–water partition coefficient (Wildman–Crippen LogP) is 2.64. The smallest absolute Gasteiger partial charge is 0.243 e. The lowest BCUT2D eigenvalue weighted by Crippen LogP contribution is -2.14. The minimum absolute atomic E-state index is 0.127. The first-order valence-corrected chi connectivity index (χ1v) is 8.15. The Bertz CT molecular complexity index is 350. The van der Waals surface area contributed by atoms with E-state index in [9.17, 15) is 0 Å². The van der Waals surface area contributed by atoms with Crippen LogP contribution in [0.1, 0.15) is 43.3 Å². The molecule has 0 spiro atoms. The van der Waals surface area contributed by atoms with Crippen molar-refractivity contribution in [3.63, 3.8) is 0 Å². The summed E-state index contributed by atoms with van der Waals surface area (Å²) in [4.78, 5) is 4.45. The van der Waals surface area contributed by atoms with Gasteiger partial charge in [0, 0.05) is 17.3 Å². The van der Waals surface area contributed by atoms with Crippen molar-refractivity contribution >= 4 is 23.5 Å². The zero-order chi connectivity index (χ0) is 12.3. The Morgan fingerprint density at radius 2 is 2.29 bits per heavy atom. The Morgan fingerprint density at radius 1 is 1.47 bits per heavy atom. The van der Waals surface area contributed by atoms with Crippen molar-refractivity contribution in [2.75, 3.05) is 17.3 Å². The summed E-state index contributed by atoms with van der Waals surface area (Å²) < 4.78 is 5.27. The Kier molecular flexibility index (Phi) is 4.76. The van der Waals surface area contributed by atoms with E-state index in [0.29, 0.717) is 17.1 Å². The maximum Gasteiger partial charge on any atom is 0.243 e. The van der Waals surface area contributed by atoms with Crippen molar-refractivity contribution in [3.05, 3.63) is 11.7 Å². The van der Waals surface area contributed by atoms with Crippen molar-refractivity contribution in [3.8, 4) is 0 Å². The van der Waals surface area contributed by atoms with Gasteiger partial charge in [0.25, 0.3) is 0 Å². The molecule has 6 heteroatoms. The number of nitrogens with zero attached hydrogens (tertiary/aromatic N) is 2. The summed E-state index contributed by atoms with van der Waals surface area (Å²) >= 11 is 3.86. The minimum Gasteiger partial charge on any atom is -0.338 e. The van der Waals surface area contributed by atoms with Crippen LogP contribution in [-0.4, -0.2) is 27.4 Å². The number of rotatable bonds is 4. The van der Waals surface area contributed by atoms with Crippen molar-refractivity contribution in [1.29, 1.82) is 0 Å². The molecular weight excluding hydrogens is 254 g/mol.